The van der Waals surface area contributed by atoms with Gasteiger partial charge in [0.05, 0.1) is 39.5 Å². The Morgan fingerprint density at radius 2 is 1.74 bits per heavy atom. The molecule has 140 valence electrons. The standard InChI is InChI=1S/C19H19N3O5/c1-24-15-9-13(10-16(25-2)18(15)26-3)21-17-7-6-12(11-20-17)22-19(23)14-5-4-8-27-14/h4-11H,1-3H3,(H,20,21)(H,22,23). The van der Waals surface area contributed by atoms with E-state index in [1.165, 1.54) is 6.26 Å². The van der Waals surface area contributed by atoms with Crippen molar-refractivity contribution in [1.29, 1.82) is 0 Å². The molecule has 0 bridgehead atoms. The maximum Gasteiger partial charge on any atom is 0.291 e. The predicted octanol–water partition coefficient (Wildman–Crippen LogP) is 3.70. The molecule has 3 aromatic rings. The van der Waals surface area contributed by atoms with E-state index < -0.39 is 0 Å². The minimum atomic E-state index is -0.341. The molecule has 0 atom stereocenters. The van der Waals surface area contributed by atoms with E-state index in [4.69, 9.17) is 18.6 Å². The summed E-state index contributed by atoms with van der Waals surface area (Å²) in [6.45, 7) is 0. The van der Waals surface area contributed by atoms with Crippen molar-refractivity contribution in [2.75, 3.05) is 32.0 Å². The Kier molecular flexibility index (Phi) is 5.46. The Labute approximate surface area is 156 Å². The predicted molar refractivity (Wildman–Crippen MR) is 100 cm³/mol. The molecule has 0 saturated carbocycles. The molecule has 1 aromatic carbocycles. The fourth-order valence-electron chi connectivity index (χ4n) is 2.44. The number of benzene rings is 1. The molecule has 0 aliphatic carbocycles. The molecular weight excluding hydrogens is 350 g/mol. The molecule has 0 unspecified atom stereocenters. The van der Waals surface area contributed by atoms with Crippen LogP contribution in [0.15, 0.2) is 53.3 Å². The highest BCUT2D eigenvalue weighted by atomic mass is 16.5. The summed E-state index contributed by atoms with van der Waals surface area (Å²) in [6.07, 6.45) is 2.98. The number of pyridine rings is 1. The molecule has 0 fully saturated rings. The Morgan fingerprint density at radius 1 is 1.00 bits per heavy atom. The monoisotopic (exact) mass is 369 g/mol. The zero-order valence-corrected chi connectivity index (χ0v) is 15.1. The maximum atomic E-state index is 12.0. The highest BCUT2D eigenvalue weighted by molar-refractivity contribution is 6.02. The van der Waals surface area contributed by atoms with E-state index in [-0.39, 0.29) is 11.7 Å². The number of carbonyl (C=O) groups is 1. The Balaban J connectivity index is 1.74. The summed E-state index contributed by atoms with van der Waals surface area (Å²) in [6, 6.07) is 10.3. The van der Waals surface area contributed by atoms with Crippen LogP contribution in [-0.4, -0.2) is 32.2 Å². The second-order valence-electron chi connectivity index (χ2n) is 5.40. The van der Waals surface area contributed by atoms with Crippen LogP contribution in [0.1, 0.15) is 10.6 Å². The summed E-state index contributed by atoms with van der Waals surface area (Å²) in [5, 5.41) is 5.86. The first kappa shape index (κ1) is 18.1. The molecule has 0 radical (unpaired) electrons. The molecule has 2 N–H and O–H groups in total. The van der Waals surface area contributed by atoms with Crippen molar-refractivity contribution < 1.29 is 23.4 Å². The van der Waals surface area contributed by atoms with Crippen LogP contribution in [0.4, 0.5) is 17.2 Å². The van der Waals surface area contributed by atoms with E-state index in [9.17, 15) is 4.79 Å². The second kappa shape index (κ2) is 8.13. The molecule has 0 saturated heterocycles. The van der Waals surface area contributed by atoms with Crippen LogP contribution in [0, 0.1) is 0 Å². The fourth-order valence-corrected chi connectivity index (χ4v) is 2.44. The lowest BCUT2D eigenvalue weighted by Crippen LogP contribution is -2.11. The molecule has 27 heavy (non-hydrogen) atoms. The van der Waals surface area contributed by atoms with Crippen molar-refractivity contribution in [3.8, 4) is 17.2 Å². The number of methoxy groups -OCH3 is 3. The number of anilines is 3. The van der Waals surface area contributed by atoms with E-state index >= 15 is 0 Å². The number of furan rings is 1. The summed E-state index contributed by atoms with van der Waals surface area (Å²) < 4.78 is 21.0. The van der Waals surface area contributed by atoms with E-state index in [1.807, 2.05) is 0 Å². The molecule has 2 aromatic heterocycles. The summed E-state index contributed by atoms with van der Waals surface area (Å²) in [4.78, 5) is 16.3. The molecule has 0 aliphatic heterocycles. The van der Waals surface area contributed by atoms with E-state index in [0.29, 0.717) is 34.4 Å². The number of hydrogen-bond acceptors (Lipinski definition) is 7. The van der Waals surface area contributed by atoms with Crippen molar-refractivity contribution >= 4 is 23.1 Å². The van der Waals surface area contributed by atoms with Gasteiger partial charge in [0.2, 0.25) is 5.75 Å². The van der Waals surface area contributed by atoms with Gasteiger partial charge in [0.15, 0.2) is 17.3 Å². The number of hydrogen-bond donors (Lipinski definition) is 2. The lowest BCUT2D eigenvalue weighted by Gasteiger charge is -2.15. The Morgan fingerprint density at radius 3 is 2.26 bits per heavy atom. The van der Waals surface area contributed by atoms with E-state index in [1.54, 1.807) is 63.9 Å². The molecule has 2 heterocycles. The number of carbonyl (C=O) groups excluding carboxylic acids is 1. The first-order valence-corrected chi connectivity index (χ1v) is 8.02. The van der Waals surface area contributed by atoms with Gasteiger partial charge in [-0.1, -0.05) is 0 Å². The van der Waals surface area contributed by atoms with Gasteiger partial charge in [-0.2, -0.15) is 0 Å². The molecule has 0 aliphatic rings. The Bertz CT molecular complexity index is 883. The van der Waals surface area contributed by atoms with Gasteiger partial charge >= 0.3 is 0 Å². The Hall–Kier alpha value is -3.68. The van der Waals surface area contributed by atoms with Crippen molar-refractivity contribution in [3.05, 3.63) is 54.6 Å². The number of nitrogens with zero attached hydrogens (tertiary/aromatic N) is 1. The average Bonchev–Trinajstić information content (AvgIpc) is 3.23. The van der Waals surface area contributed by atoms with Gasteiger partial charge in [-0.15, -0.1) is 0 Å². The largest absolute Gasteiger partial charge is 0.493 e. The average molecular weight is 369 g/mol. The number of rotatable bonds is 7. The molecular formula is C19H19N3O5. The van der Waals surface area contributed by atoms with Crippen molar-refractivity contribution in [2.45, 2.75) is 0 Å². The lowest BCUT2D eigenvalue weighted by molar-refractivity contribution is 0.0996. The third kappa shape index (κ3) is 4.12. The normalized spacial score (nSPS) is 10.2. The quantitative estimate of drug-likeness (QED) is 0.656. The van der Waals surface area contributed by atoms with Crippen LogP contribution in [-0.2, 0) is 0 Å². The summed E-state index contributed by atoms with van der Waals surface area (Å²) in [5.74, 6) is 2.04. The maximum absolute atomic E-state index is 12.0. The molecule has 1 amide bonds. The zero-order valence-electron chi connectivity index (χ0n) is 15.1. The van der Waals surface area contributed by atoms with E-state index in [2.05, 4.69) is 15.6 Å². The number of amides is 1. The van der Waals surface area contributed by atoms with Gasteiger partial charge < -0.3 is 29.3 Å². The number of aromatic nitrogens is 1. The van der Waals surface area contributed by atoms with Crippen molar-refractivity contribution in [2.24, 2.45) is 0 Å². The van der Waals surface area contributed by atoms with Gasteiger partial charge in [-0.05, 0) is 24.3 Å². The molecule has 8 nitrogen and oxygen atoms in total. The smallest absolute Gasteiger partial charge is 0.291 e. The number of ether oxygens (including phenoxy) is 3. The third-order valence-electron chi connectivity index (χ3n) is 3.70. The van der Waals surface area contributed by atoms with Crippen LogP contribution in [0.5, 0.6) is 17.2 Å². The highest BCUT2D eigenvalue weighted by Gasteiger charge is 2.14. The molecule has 3 rings (SSSR count). The van der Waals surface area contributed by atoms with Gasteiger partial charge in [-0.3, -0.25) is 4.79 Å². The molecule has 8 heteroatoms. The fraction of sp³-hybridized carbons (Fsp3) is 0.158. The SMILES string of the molecule is COc1cc(Nc2ccc(NC(=O)c3ccco3)cn2)cc(OC)c1OC. The van der Waals surface area contributed by atoms with Gasteiger partial charge in [0.1, 0.15) is 5.82 Å². The minimum absolute atomic E-state index is 0.231. The number of nitrogens with one attached hydrogen (secondary N) is 2. The van der Waals surface area contributed by atoms with Gasteiger partial charge in [-0.25, -0.2) is 4.98 Å². The zero-order chi connectivity index (χ0) is 19.2. The van der Waals surface area contributed by atoms with Crippen LogP contribution in [0.3, 0.4) is 0 Å². The van der Waals surface area contributed by atoms with Crippen LogP contribution in [0.2, 0.25) is 0 Å². The summed E-state index contributed by atoms with van der Waals surface area (Å²) in [7, 11) is 4.65. The summed E-state index contributed by atoms with van der Waals surface area (Å²) >= 11 is 0. The third-order valence-corrected chi connectivity index (χ3v) is 3.70. The van der Waals surface area contributed by atoms with Crippen molar-refractivity contribution in [3.63, 3.8) is 0 Å². The second-order valence-corrected chi connectivity index (χ2v) is 5.40. The van der Waals surface area contributed by atoms with Crippen LogP contribution >= 0.6 is 0 Å². The minimum Gasteiger partial charge on any atom is -0.493 e. The topological polar surface area (TPSA) is 94.9 Å². The molecule has 0 spiro atoms. The first-order chi connectivity index (χ1) is 13.1. The van der Waals surface area contributed by atoms with Crippen molar-refractivity contribution in [1.82, 2.24) is 4.98 Å². The van der Waals surface area contributed by atoms with E-state index in [0.717, 1.165) is 0 Å². The van der Waals surface area contributed by atoms with Crippen LogP contribution in [0.25, 0.3) is 0 Å². The highest BCUT2D eigenvalue weighted by Crippen LogP contribution is 2.40. The first-order valence-electron chi connectivity index (χ1n) is 8.02. The van der Waals surface area contributed by atoms with Gasteiger partial charge in [0, 0.05) is 17.8 Å². The van der Waals surface area contributed by atoms with Gasteiger partial charge in [0.25, 0.3) is 5.91 Å². The lowest BCUT2D eigenvalue weighted by atomic mass is 10.2. The summed E-state index contributed by atoms with van der Waals surface area (Å²) in [5.41, 5.74) is 1.26. The van der Waals surface area contributed by atoms with Crippen LogP contribution < -0.4 is 24.8 Å².